The molecule has 0 unspecified atom stereocenters. The van der Waals surface area contributed by atoms with Gasteiger partial charge in [0.25, 0.3) is 5.91 Å². The second-order valence-corrected chi connectivity index (χ2v) is 3.10. The van der Waals surface area contributed by atoms with E-state index in [1.165, 1.54) is 0 Å². The molecular weight excluding hydrogens is 212 g/mol. The number of aromatic nitrogens is 3. The van der Waals surface area contributed by atoms with Crippen LogP contribution in [0, 0.1) is 0 Å². The summed E-state index contributed by atoms with van der Waals surface area (Å²) in [5.41, 5.74) is 3.56. The average molecular weight is 220 g/mol. The molecule has 2 N–H and O–H groups in total. The molecule has 2 rings (SSSR count). The standard InChI is InChI=1S/C9H8N4O3/c14-8(5-9(15)16)11-13-7-4-2-1-3-6(7)10-12-13/h1-4H,5H2,(H,11,14)(H,15,16). The molecule has 7 nitrogen and oxygen atoms in total. The quantitative estimate of drug-likeness (QED) is 0.708. The van der Waals surface area contributed by atoms with Crippen LogP contribution in [0.25, 0.3) is 11.0 Å². The highest BCUT2D eigenvalue weighted by Gasteiger charge is 2.10. The summed E-state index contributed by atoms with van der Waals surface area (Å²) in [5.74, 6) is -1.84. The summed E-state index contributed by atoms with van der Waals surface area (Å²) in [5, 5.41) is 15.9. The predicted molar refractivity (Wildman–Crippen MR) is 54.1 cm³/mol. The van der Waals surface area contributed by atoms with Crippen molar-refractivity contribution in [3.05, 3.63) is 24.3 Å². The minimum Gasteiger partial charge on any atom is -0.481 e. The molecule has 0 radical (unpaired) electrons. The lowest BCUT2D eigenvalue weighted by atomic mass is 10.3. The number of hydrogen-bond acceptors (Lipinski definition) is 4. The number of nitrogens with one attached hydrogen (secondary N) is 1. The third kappa shape index (κ3) is 1.97. The third-order valence-corrected chi connectivity index (χ3v) is 1.89. The fourth-order valence-electron chi connectivity index (χ4n) is 1.25. The predicted octanol–water partition coefficient (Wildman–Crippen LogP) is -0.0239. The number of carbonyl (C=O) groups excluding carboxylic acids is 1. The van der Waals surface area contributed by atoms with Gasteiger partial charge in [0.05, 0.1) is 0 Å². The van der Waals surface area contributed by atoms with Crippen LogP contribution >= 0.6 is 0 Å². The van der Waals surface area contributed by atoms with Crippen molar-refractivity contribution in [1.82, 2.24) is 15.1 Å². The van der Waals surface area contributed by atoms with E-state index in [0.29, 0.717) is 11.0 Å². The van der Waals surface area contributed by atoms with Crippen LogP contribution in [-0.4, -0.2) is 32.1 Å². The van der Waals surface area contributed by atoms with E-state index < -0.39 is 18.3 Å². The lowest BCUT2D eigenvalue weighted by molar-refractivity contribution is -0.139. The number of carboxylic acid groups (broad SMARTS) is 1. The van der Waals surface area contributed by atoms with E-state index in [0.717, 1.165) is 4.79 Å². The van der Waals surface area contributed by atoms with Crippen molar-refractivity contribution >= 4 is 22.9 Å². The molecule has 0 aliphatic rings. The maximum Gasteiger partial charge on any atom is 0.312 e. The summed E-state index contributed by atoms with van der Waals surface area (Å²) >= 11 is 0. The molecule has 0 saturated carbocycles. The van der Waals surface area contributed by atoms with Crippen LogP contribution < -0.4 is 5.43 Å². The topological polar surface area (TPSA) is 97.1 Å². The Kier molecular flexibility index (Phi) is 2.50. The summed E-state index contributed by atoms with van der Waals surface area (Å²) in [7, 11) is 0. The van der Waals surface area contributed by atoms with E-state index in [1.54, 1.807) is 24.3 Å². The van der Waals surface area contributed by atoms with Crippen LogP contribution in [0.1, 0.15) is 6.42 Å². The molecule has 0 bridgehead atoms. The lowest BCUT2D eigenvalue weighted by Crippen LogP contribution is -2.25. The lowest BCUT2D eigenvalue weighted by Gasteiger charge is -2.02. The molecule has 7 heteroatoms. The van der Waals surface area contributed by atoms with E-state index in [9.17, 15) is 9.59 Å². The molecule has 0 aliphatic heterocycles. The van der Waals surface area contributed by atoms with E-state index in [2.05, 4.69) is 15.7 Å². The first-order chi connectivity index (χ1) is 7.66. The first-order valence-corrected chi connectivity index (χ1v) is 4.49. The summed E-state index contributed by atoms with van der Waals surface area (Å²) in [4.78, 5) is 22.6. The Morgan fingerprint density at radius 3 is 2.88 bits per heavy atom. The number of hydrogen-bond donors (Lipinski definition) is 2. The van der Waals surface area contributed by atoms with Gasteiger partial charge in [-0.2, -0.15) is 4.79 Å². The molecule has 0 atom stereocenters. The smallest absolute Gasteiger partial charge is 0.312 e. The van der Waals surface area contributed by atoms with Crippen LogP contribution in [0.5, 0.6) is 0 Å². The highest BCUT2D eigenvalue weighted by Crippen LogP contribution is 2.07. The van der Waals surface area contributed by atoms with Gasteiger partial charge in [-0.15, -0.1) is 5.10 Å². The number of carbonyl (C=O) groups is 2. The van der Waals surface area contributed by atoms with E-state index in [-0.39, 0.29) is 0 Å². The normalized spacial score (nSPS) is 10.2. The first-order valence-electron chi connectivity index (χ1n) is 4.49. The fourth-order valence-corrected chi connectivity index (χ4v) is 1.25. The maximum atomic E-state index is 11.2. The second-order valence-electron chi connectivity index (χ2n) is 3.10. The molecule has 0 fully saturated rings. The van der Waals surface area contributed by atoms with Gasteiger partial charge >= 0.3 is 5.97 Å². The summed E-state index contributed by atoms with van der Waals surface area (Å²) in [6, 6.07) is 7.02. The molecule has 1 aromatic carbocycles. The van der Waals surface area contributed by atoms with Crippen molar-refractivity contribution in [2.75, 3.05) is 5.43 Å². The van der Waals surface area contributed by atoms with Gasteiger partial charge in [0.1, 0.15) is 17.5 Å². The van der Waals surface area contributed by atoms with Crippen molar-refractivity contribution in [2.45, 2.75) is 6.42 Å². The Morgan fingerprint density at radius 1 is 1.38 bits per heavy atom. The summed E-state index contributed by atoms with van der Waals surface area (Å²) in [6.07, 6.45) is -0.603. The molecule has 2 aromatic rings. The minimum atomic E-state index is -1.19. The zero-order valence-corrected chi connectivity index (χ0v) is 8.12. The van der Waals surface area contributed by atoms with Gasteiger partial charge in [-0.3, -0.25) is 9.59 Å². The van der Waals surface area contributed by atoms with Crippen molar-refractivity contribution in [3.63, 3.8) is 0 Å². The largest absolute Gasteiger partial charge is 0.481 e. The van der Waals surface area contributed by atoms with Gasteiger partial charge in [0, 0.05) is 0 Å². The van der Waals surface area contributed by atoms with Crippen LogP contribution in [0.4, 0.5) is 0 Å². The fraction of sp³-hybridized carbons (Fsp3) is 0.111. The zero-order chi connectivity index (χ0) is 11.5. The van der Waals surface area contributed by atoms with Crippen LogP contribution in [0.3, 0.4) is 0 Å². The second kappa shape index (κ2) is 3.97. The summed E-state index contributed by atoms with van der Waals surface area (Å²) in [6.45, 7) is 0. The molecule has 0 saturated heterocycles. The zero-order valence-electron chi connectivity index (χ0n) is 8.12. The van der Waals surface area contributed by atoms with Crippen LogP contribution in [-0.2, 0) is 9.59 Å². The minimum absolute atomic E-state index is 0.603. The van der Waals surface area contributed by atoms with Gasteiger partial charge in [0.2, 0.25) is 0 Å². The Balaban J connectivity index is 2.21. The Hall–Kier alpha value is -2.44. The average Bonchev–Trinajstić information content (AvgIpc) is 2.61. The Morgan fingerprint density at radius 2 is 2.12 bits per heavy atom. The van der Waals surface area contributed by atoms with Gasteiger partial charge in [-0.05, 0) is 17.3 Å². The van der Waals surface area contributed by atoms with E-state index in [4.69, 9.17) is 5.11 Å². The monoisotopic (exact) mass is 220 g/mol. The molecule has 0 aliphatic carbocycles. The van der Waals surface area contributed by atoms with Gasteiger partial charge in [-0.25, -0.2) is 5.43 Å². The highest BCUT2D eigenvalue weighted by molar-refractivity contribution is 5.98. The van der Waals surface area contributed by atoms with Crippen LogP contribution in [0.15, 0.2) is 24.3 Å². The summed E-state index contributed by atoms with van der Waals surface area (Å²) < 4.78 is 0. The number of carboxylic acids is 1. The van der Waals surface area contributed by atoms with Gasteiger partial charge in [0.15, 0.2) is 0 Å². The molecule has 1 aromatic heterocycles. The number of nitrogens with zero attached hydrogens (tertiary/aromatic N) is 3. The van der Waals surface area contributed by atoms with Crippen molar-refractivity contribution < 1.29 is 14.7 Å². The Labute approximate surface area is 89.6 Å². The third-order valence-electron chi connectivity index (χ3n) is 1.89. The SMILES string of the molecule is O=C(O)CC(=O)Nn1nnc2ccccc21. The highest BCUT2D eigenvalue weighted by atomic mass is 16.4. The number of aliphatic carboxylic acids is 1. The number of amides is 1. The van der Waals surface area contributed by atoms with E-state index in [1.807, 2.05) is 0 Å². The van der Waals surface area contributed by atoms with Gasteiger partial charge < -0.3 is 5.11 Å². The maximum absolute atomic E-state index is 11.2. The Bertz CT molecular complexity index is 548. The molecule has 1 heterocycles. The first kappa shape index (κ1) is 10.1. The van der Waals surface area contributed by atoms with Crippen molar-refractivity contribution in [2.24, 2.45) is 0 Å². The molecule has 82 valence electrons. The van der Waals surface area contributed by atoms with Gasteiger partial charge in [-0.1, -0.05) is 12.1 Å². The van der Waals surface area contributed by atoms with Crippen molar-refractivity contribution in [1.29, 1.82) is 0 Å². The molecular formula is C9H8N4O3. The number of fused-ring (bicyclic) bond motifs is 1. The number of para-hydroxylation sites is 1. The van der Waals surface area contributed by atoms with Crippen LogP contribution in [0.2, 0.25) is 0 Å². The van der Waals surface area contributed by atoms with E-state index >= 15 is 0 Å². The number of rotatable bonds is 3. The molecule has 1 amide bonds. The van der Waals surface area contributed by atoms with Crippen molar-refractivity contribution in [3.8, 4) is 0 Å². The molecule has 0 spiro atoms. The molecule has 16 heavy (non-hydrogen) atoms. The number of benzene rings is 1.